The maximum atomic E-state index is 12.3. The molecule has 0 bridgehead atoms. The monoisotopic (exact) mass is 414 g/mol. The summed E-state index contributed by atoms with van der Waals surface area (Å²) in [6, 6.07) is 5.51. The van der Waals surface area contributed by atoms with Crippen molar-refractivity contribution in [2.75, 3.05) is 5.32 Å². The molecule has 1 amide bonds. The van der Waals surface area contributed by atoms with E-state index in [4.69, 9.17) is 0 Å². The van der Waals surface area contributed by atoms with Crippen LogP contribution < -0.4 is 5.32 Å². The zero-order chi connectivity index (χ0) is 14.1. The van der Waals surface area contributed by atoms with Crippen molar-refractivity contribution in [2.24, 2.45) is 0 Å². The Morgan fingerprint density at radius 3 is 2.80 bits per heavy atom. The van der Waals surface area contributed by atoms with E-state index in [2.05, 4.69) is 42.2 Å². The lowest BCUT2D eigenvalue weighted by Gasteiger charge is -2.06. The quantitative estimate of drug-likeness (QED) is 0.765. The average molecular weight is 416 g/mol. The molecule has 1 aliphatic carbocycles. The van der Waals surface area contributed by atoms with Crippen LogP contribution in [-0.4, -0.2) is 10.9 Å². The van der Waals surface area contributed by atoms with Crippen molar-refractivity contribution in [1.29, 1.82) is 0 Å². The summed E-state index contributed by atoms with van der Waals surface area (Å²) in [5.74, 6) is -0.129. The Hall–Kier alpha value is -0.720. The second kappa shape index (κ2) is 5.95. The minimum atomic E-state index is -0.129. The summed E-state index contributed by atoms with van der Waals surface area (Å²) in [5, 5.41) is 3.60. The van der Waals surface area contributed by atoms with Gasteiger partial charge in [-0.25, -0.2) is 4.98 Å². The molecule has 0 saturated carbocycles. The molecule has 20 heavy (non-hydrogen) atoms. The molecule has 1 heterocycles. The number of nitrogens with one attached hydrogen (secondary N) is 1. The Morgan fingerprint density at radius 2 is 2.05 bits per heavy atom. The molecule has 0 spiro atoms. The van der Waals surface area contributed by atoms with Gasteiger partial charge >= 0.3 is 0 Å². The maximum Gasteiger partial charge on any atom is 0.258 e. The average Bonchev–Trinajstić information content (AvgIpc) is 2.80. The lowest BCUT2D eigenvalue weighted by atomic mass is 10.0. The van der Waals surface area contributed by atoms with Gasteiger partial charge in [0.15, 0.2) is 5.13 Å². The van der Waals surface area contributed by atoms with Crippen molar-refractivity contribution in [3.63, 3.8) is 0 Å². The number of hydrogen-bond donors (Lipinski definition) is 1. The van der Waals surface area contributed by atoms with Crippen LogP contribution in [0.5, 0.6) is 0 Å². The highest BCUT2D eigenvalue weighted by atomic mass is 79.9. The summed E-state index contributed by atoms with van der Waals surface area (Å²) in [7, 11) is 0. The van der Waals surface area contributed by atoms with Crippen LogP contribution in [0.4, 0.5) is 5.13 Å². The lowest BCUT2D eigenvalue weighted by Crippen LogP contribution is -2.12. The summed E-state index contributed by atoms with van der Waals surface area (Å²) >= 11 is 8.39. The predicted octanol–water partition coefficient (Wildman–Crippen LogP) is 4.80. The van der Waals surface area contributed by atoms with Crippen molar-refractivity contribution in [3.8, 4) is 0 Å². The number of aryl methyl sites for hydroxylation is 2. The van der Waals surface area contributed by atoms with Gasteiger partial charge in [-0.2, -0.15) is 0 Å². The summed E-state index contributed by atoms with van der Waals surface area (Å²) < 4.78 is 1.70. The SMILES string of the molecule is O=C(Nc1nc2c(s1)CCCC2)c1ccc(Br)cc1Br. The van der Waals surface area contributed by atoms with Crippen molar-refractivity contribution in [1.82, 2.24) is 4.98 Å². The molecule has 0 fully saturated rings. The third kappa shape index (κ3) is 2.97. The zero-order valence-electron chi connectivity index (χ0n) is 10.6. The summed E-state index contributed by atoms with van der Waals surface area (Å²) in [6.45, 7) is 0. The Balaban J connectivity index is 1.80. The molecule has 2 aromatic rings. The number of amides is 1. The normalized spacial score (nSPS) is 13.9. The molecule has 1 N–H and O–H groups in total. The van der Waals surface area contributed by atoms with E-state index in [1.54, 1.807) is 17.4 Å². The number of carbonyl (C=O) groups excluding carboxylic acids is 1. The van der Waals surface area contributed by atoms with Gasteiger partial charge in [0.05, 0.1) is 11.3 Å². The molecule has 1 aliphatic rings. The van der Waals surface area contributed by atoms with E-state index in [1.165, 1.54) is 17.7 Å². The number of hydrogen-bond acceptors (Lipinski definition) is 3. The highest BCUT2D eigenvalue weighted by Crippen LogP contribution is 2.30. The number of rotatable bonds is 2. The van der Waals surface area contributed by atoms with E-state index >= 15 is 0 Å². The van der Waals surface area contributed by atoms with E-state index in [0.717, 1.165) is 27.5 Å². The number of anilines is 1. The second-order valence-corrected chi connectivity index (χ2v) is 7.53. The molecule has 1 aromatic carbocycles. The number of halogens is 2. The van der Waals surface area contributed by atoms with E-state index in [-0.39, 0.29) is 5.91 Å². The minimum Gasteiger partial charge on any atom is -0.298 e. The first-order valence-electron chi connectivity index (χ1n) is 6.38. The third-order valence-corrected chi connectivity index (χ3v) is 5.46. The van der Waals surface area contributed by atoms with Crippen molar-refractivity contribution >= 4 is 54.2 Å². The molecule has 0 radical (unpaired) electrons. The van der Waals surface area contributed by atoms with Gasteiger partial charge < -0.3 is 0 Å². The summed E-state index contributed by atoms with van der Waals surface area (Å²) in [6.07, 6.45) is 4.54. The Kier molecular flexibility index (Phi) is 4.23. The molecule has 104 valence electrons. The third-order valence-electron chi connectivity index (χ3n) is 3.24. The van der Waals surface area contributed by atoms with Crippen molar-refractivity contribution in [3.05, 3.63) is 43.3 Å². The maximum absolute atomic E-state index is 12.3. The van der Waals surface area contributed by atoms with Crippen LogP contribution in [0, 0.1) is 0 Å². The van der Waals surface area contributed by atoms with Gasteiger partial charge in [0, 0.05) is 13.8 Å². The van der Waals surface area contributed by atoms with Crippen LogP contribution >= 0.6 is 43.2 Å². The van der Waals surface area contributed by atoms with Crippen LogP contribution in [0.3, 0.4) is 0 Å². The molecule has 0 unspecified atom stereocenters. The van der Waals surface area contributed by atoms with E-state index in [1.807, 2.05) is 12.1 Å². The van der Waals surface area contributed by atoms with Gasteiger partial charge in [-0.1, -0.05) is 15.9 Å². The highest BCUT2D eigenvalue weighted by Gasteiger charge is 2.17. The van der Waals surface area contributed by atoms with Crippen LogP contribution in [0.15, 0.2) is 27.1 Å². The van der Waals surface area contributed by atoms with Gasteiger partial charge in [0.2, 0.25) is 0 Å². The molecule has 0 aliphatic heterocycles. The molecule has 0 atom stereocenters. The number of fused-ring (bicyclic) bond motifs is 1. The number of thiazole rings is 1. The first kappa shape index (κ1) is 14.2. The van der Waals surface area contributed by atoms with E-state index in [9.17, 15) is 4.79 Å². The lowest BCUT2D eigenvalue weighted by molar-refractivity contribution is 0.102. The first-order valence-corrected chi connectivity index (χ1v) is 8.79. The van der Waals surface area contributed by atoms with Crippen LogP contribution in [0.2, 0.25) is 0 Å². The number of benzene rings is 1. The first-order chi connectivity index (χ1) is 9.63. The van der Waals surface area contributed by atoms with Crippen LogP contribution in [0.25, 0.3) is 0 Å². The molecule has 1 aromatic heterocycles. The molecular weight excluding hydrogens is 404 g/mol. The topological polar surface area (TPSA) is 42.0 Å². The Labute approximate surface area is 138 Å². The summed E-state index contributed by atoms with van der Waals surface area (Å²) in [4.78, 5) is 18.1. The molecule has 0 saturated heterocycles. The predicted molar refractivity (Wildman–Crippen MR) is 88.6 cm³/mol. The summed E-state index contributed by atoms with van der Waals surface area (Å²) in [5.41, 5.74) is 1.77. The standard InChI is InChI=1S/C14H12Br2N2OS/c15-8-5-6-9(10(16)7-8)13(19)18-14-17-11-3-1-2-4-12(11)20-14/h5-7H,1-4H2,(H,17,18,19). The fourth-order valence-electron chi connectivity index (χ4n) is 2.24. The van der Waals surface area contributed by atoms with E-state index < -0.39 is 0 Å². The largest absolute Gasteiger partial charge is 0.298 e. The van der Waals surface area contributed by atoms with Gasteiger partial charge in [0.1, 0.15) is 0 Å². The van der Waals surface area contributed by atoms with Gasteiger partial charge in [-0.3, -0.25) is 10.1 Å². The Morgan fingerprint density at radius 1 is 1.25 bits per heavy atom. The number of nitrogens with zero attached hydrogens (tertiary/aromatic N) is 1. The Bertz CT molecular complexity index is 646. The minimum absolute atomic E-state index is 0.129. The van der Waals surface area contributed by atoms with Gasteiger partial charge in [-0.05, 0) is 59.8 Å². The zero-order valence-corrected chi connectivity index (χ0v) is 14.6. The van der Waals surface area contributed by atoms with Crippen molar-refractivity contribution in [2.45, 2.75) is 25.7 Å². The van der Waals surface area contributed by atoms with Gasteiger partial charge in [-0.15, -0.1) is 11.3 Å². The smallest absolute Gasteiger partial charge is 0.258 e. The fourth-order valence-corrected chi connectivity index (χ4v) is 4.52. The molecule has 6 heteroatoms. The second-order valence-electron chi connectivity index (χ2n) is 4.67. The number of carbonyl (C=O) groups is 1. The molecule has 3 nitrogen and oxygen atoms in total. The molecular formula is C14H12Br2N2OS. The molecule has 3 rings (SSSR count). The van der Waals surface area contributed by atoms with E-state index in [0.29, 0.717) is 10.7 Å². The van der Waals surface area contributed by atoms with Crippen molar-refractivity contribution < 1.29 is 4.79 Å². The highest BCUT2D eigenvalue weighted by molar-refractivity contribution is 9.11. The van der Waals surface area contributed by atoms with Gasteiger partial charge in [0.25, 0.3) is 5.91 Å². The van der Waals surface area contributed by atoms with Crippen LogP contribution in [-0.2, 0) is 12.8 Å². The number of aromatic nitrogens is 1. The van der Waals surface area contributed by atoms with Crippen LogP contribution in [0.1, 0.15) is 33.8 Å². The fraction of sp³-hybridized carbons (Fsp3) is 0.286.